The van der Waals surface area contributed by atoms with Gasteiger partial charge in [0.15, 0.2) is 0 Å². The molecule has 12 heteroatoms. The van der Waals surface area contributed by atoms with Gasteiger partial charge < -0.3 is 14.7 Å². The Bertz CT molecular complexity index is 393. The molecule has 0 aliphatic heterocycles. The molecule has 0 amide bonds. The summed E-state index contributed by atoms with van der Waals surface area (Å²) >= 11 is 0.400. The Morgan fingerprint density at radius 2 is 1.21 bits per heavy atom. The molecule has 0 aliphatic rings. The van der Waals surface area contributed by atoms with E-state index in [0.29, 0.717) is 6.42 Å². The first-order valence-corrected chi connectivity index (χ1v) is 13.0. The van der Waals surface area contributed by atoms with E-state index in [0.717, 1.165) is 19.3 Å². The maximum atomic E-state index is 11.4. The summed E-state index contributed by atoms with van der Waals surface area (Å²) < 4.78 is 34.9. The predicted molar refractivity (Wildman–Crippen MR) is 97.0 cm³/mol. The zero-order valence-electron chi connectivity index (χ0n) is 13.9. The number of phosphoric ester groups is 1. The average molecular weight is 426 g/mol. The third-order valence-corrected chi connectivity index (χ3v) is 6.88. The second-order valence-corrected chi connectivity index (χ2v) is 9.72. The molecule has 0 bridgehead atoms. The van der Waals surface area contributed by atoms with Crippen molar-refractivity contribution in [2.45, 2.75) is 71.1 Å². The SMILES string of the molecule is CCCCCCCCCCCCOP(=O)(O)OSSOP(=O)(O)O. The van der Waals surface area contributed by atoms with Crippen LogP contribution in [0.15, 0.2) is 0 Å². The van der Waals surface area contributed by atoms with Gasteiger partial charge >= 0.3 is 15.6 Å². The number of hydrogen-bond acceptors (Lipinski definition) is 7. The minimum atomic E-state index is -4.65. The van der Waals surface area contributed by atoms with Crippen LogP contribution in [-0.2, 0) is 21.6 Å². The van der Waals surface area contributed by atoms with Crippen LogP contribution >= 0.6 is 37.8 Å². The molecule has 0 rings (SSSR count). The molecular formula is C12H28O8P2S2. The second-order valence-electron chi connectivity index (χ2n) is 5.26. The van der Waals surface area contributed by atoms with E-state index in [1.54, 1.807) is 0 Å². The fraction of sp³-hybridized carbons (Fsp3) is 1.00. The van der Waals surface area contributed by atoms with Crippen LogP contribution in [0.25, 0.3) is 0 Å². The molecule has 0 fully saturated rings. The highest BCUT2D eigenvalue weighted by Gasteiger charge is 2.23. The topological polar surface area (TPSA) is 123 Å². The van der Waals surface area contributed by atoms with E-state index in [-0.39, 0.29) is 28.8 Å². The summed E-state index contributed by atoms with van der Waals surface area (Å²) in [5.74, 6) is 0. The van der Waals surface area contributed by atoms with Crippen LogP contribution in [0.5, 0.6) is 0 Å². The molecule has 3 N–H and O–H groups in total. The Balaban J connectivity index is 3.42. The van der Waals surface area contributed by atoms with Gasteiger partial charge in [0.25, 0.3) is 0 Å². The Kier molecular flexibility index (Phi) is 15.6. The maximum absolute atomic E-state index is 11.4. The lowest BCUT2D eigenvalue weighted by atomic mass is 10.1. The smallest absolute Gasteiger partial charge is 0.302 e. The lowest BCUT2D eigenvalue weighted by molar-refractivity contribution is 0.208. The van der Waals surface area contributed by atoms with E-state index >= 15 is 0 Å². The van der Waals surface area contributed by atoms with E-state index in [2.05, 4.69) is 14.9 Å². The highest BCUT2D eigenvalue weighted by atomic mass is 33.1. The minimum Gasteiger partial charge on any atom is -0.302 e. The Morgan fingerprint density at radius 1 is 0.750 bits per heavy atom. The summed E-state index contributed by atoms with van der Waals surface area (Å²) in [6.07, 6.45) is 11.4. The molecule has 146 valence electrons. The van der Waals surface area contributed by atoms with Crippen LogP contribution in [0.4, 0.5) is 0 Å². The number of phosphoric acid groups is 2. The van der Waals surface area contributed by atoms with Crippen molar-refractivity contribution in [2.75, 3.05) is 6.61 Å². The molecule has 0 aromatic heterocycles. The van der Waals surface area contributed by atoms with Gasteiger partial charge in [0, 0.05) is 0 Å². The van der Waals surface area contributed by atoms with E-state index in [9.17, 15) is 14.0 Å². The Hall–Kier alpha value is 0.920. The van der Waals surface area contributed by atoms with Crippen molar-refractivity contribution in [1.82, 2.24) is 0 Å². The van der Waals surface area contributed by atoms with Crippen LogP contribution in [0.1, 0.15) is 71.1 Å². The van der Waals surface area contributed by atoms with E-state index in [1.807, 2.05) is 0 Å². The van der Waals surface area contributed by atoms with Gasteiger partial charge in [-0.1, -0.05) is 64.7 Å². The van der Waals surface area contributed by atoms with Crippen LogP contribution in [0.3, 0.4) is 0 Å². The van der Waals surface area contributed by atoms with Gasteiger partial charge in [0.1, 0.15) is 22.1 Å². The molecule has 0 spiro atoms. The van der Waals surface area contributed by atoms with Crippen molar-refractivity contribution in [3.05, 3.63) is 0 Å². The van der Waals surface area contributed by atoms with Crippen LogP contribution in [0, 0.1) is 0 Å². The molecular weight excluding hydrogens is 398 g/mol. The standard InChI is InChI=1S/C12H28O8P2S2/c1-2-3-4-5-6-7-8-9-10-11-12-18-22(16,17)20-24-23-19-21(13,14)15/h2-12H2,1H3,(H,16,17)(H2,13,14,15). The third-order valence-electron chi connectivity index (χ3n) is 3.03. The molecule has 0 saturated heterocycles. The average Bonchev–Trinajstić information content (AvgIpc) is 2.48. The van der Waals surface area contributed by atoms with Crippen molar-refractivity contribution in [3.63, 3.8) is 0 Å². The number of rotatable bonds is 17. The molecule has 1 unspecified atom stereocenters. The van der Waals surface area contributed by atoms with Gasteiger partial charge in [0.2, 0.25) is 0 Å². The van der Waals surface area contributed by atoms with Gasteiger partial charge in [-0.25, -0.2) is 17.1 Å². The van der Waals surface area contributed by atoms with Gasteiger partial charge in [-0.3, -0.25) is 4.52 Å². The minimum absolute atomic E-state index is 0.0921. The van der Waals surface area contributed by atoms with Crippen molar-refractivity contribution in [2.24, 2.45) is 0 Å². The van der Waals surface area contributed by atoms with Crippen LogP contribution in [-0.4, -0.2) is 21.3 Å². The summed E-state index contributed by atoms with van der Waals surface area (Å²) in [4.78, 5) is 26.1. The van der Waals surface area contributed by atoms with Gasteiger partial charge in [-0.05, 0) is 6.42 Å². The highest BCUT2D eigenvalue weighted by Crippen LogP contribution is 2.53. The van der Waals surface area contributed by atoms with Gasteiger partial charge in [-0.15, -0.1) is 0 Å². The maximum Gasteiger partial charge on any atom is 0.484 e. The lowest BCUT2D eigenvalue weighted by Gasteiger charge is -2.10. The van der Waals surface area contributed by atoms with Crippen molar-refractivity contribution < 1.29 is 36.3 Å². The lowest BCUT2D eigenvalue weighted by Crippen LogP contribution is -1.93. The summed E-state index contributed by atoms with van der Waals surface area (Å²) in [5, 5.41) is 0. The fourth-order valence-electron chi connectivity index (χ4n) is 1.89. The summed E-state index contributed by atoms with van der Waals surface area (Å²) in [6.45, 7) is 2.29. The molecule has 0 aromatic rings. The molecule has 0 heterocycles. The highest BCUT2D eigenvalue weighted by molar-refractivity contribution is 8.74. The Labute approximate surface area is 152 Å². The third kappa shape index (κ3) is 19.2. The molecule has 1 atom stereocenters. The van der Waals surface area contributed by atoms with Gasteiger partial charge in [0.05, 0.1) is 6.61 Å². The first-order valence-electron chi connectivity index (χ1n) is 8.01. The van der Waals surface area contributed by atoms with Gasteiger partial charge in [-0.2, -0.15) is 0 Å². The Morgan fingerprint density at radius 3 is 1.71 bits per heavy atom. The zero-order chi connectivity index (χ0) is 18.3. The predicted octanol–water partition coefficient (Wildman–Crippen LogP) is 5.36. The molecule has 24 heavy (non-hydrogen) atoms. The molecule has 0 radical (unpaired) electrons. The van der Waals surface area contributed by atoms with E-state index in [4.69, 9.17) is 14.3 Å². The summed E-state index contributed by atoms with van der Waals surface area (Å²) in [7, 11) is -8.89. The number of unbranched alkanes of at least 4 members (excludes halogenated alkanes) is 9. The summed E-state index contributed by atoms with van der Waals surface area (Å²) in [6, 6.07) is 0. The summed E-state index contributed by atoms with van der Waals surface area (Å²) in [5.41, 5.74) is 0. The fourth-order valence-corrected chi connectivity index (χ4v) is 5.10. The molecule has 0 aromatic carbocycles. The largest absolute Gasteiger partial charge is 0.484 e. The quantitative estimate of drug-likeness (QED) is 0.121. The van der Waals surface area contributed by atoms with Crippen LogP contribution < -0.4 is 0 Å². The van der Waals surface area contributed by atoms with Crippen molar-refractivity contribution in [3.8, 4) is 0 Å². The van der Waals surface area contributed by atoms with Crippen molar-refractivity contribution >= 4 is 37.8 Å². The first-order chi connectivity index (χ1) is 11.3. The second kappa shape index (κ2) is 15.0. The molecule has 0 saturated carbocycles. The monoisotopic (exact) mass is 426 g/mol. The molecule has 0 aliphatic carbocycles. The van der Waals surface area contributed by atoms with Crippen molar-refractivity contribution in [1.29, 1.82) is 0 Å². The molecule has 8 nitrogen and oxygen atoms in total. The first kappa shape index (κ1) is 24.9. The van der Waals surface area contributed by atoms with Crippen LogP contribution in [0.2, 0.25) is 0 Å². The zero-order valence-corrected chi connectivity index (χ0v) is 17.3. The number of hydrogen-bond donors (Lipinski definition) is 3. The van der Waals surface area contributed by atoms with E-state index in [1.165, 1.54) is 38.5 Å². The van der Waals surface area contributed by atoms with E-state index < -0.39 is 15.6 Å². The normalized spacial score (nSPS) is 14.7.